The van der Waals surface area contributed by atoms with E-state index >= 15 is 0 Å². The summed E-state index contributed by atoms with van der Waals surface area (Å²) in [5.41, 5.74) is 0. The molecule has 0 spiro atoms. The largest absolute Gasteiger partial charge is 0.244 e. The van der Waals surface area contributed by atoms with Crippen LogP contribution in [0.4, 0.5) is 0 Å². The minimum Gasteiger partial charge on any atom is -0.207 e. The van der Waals surface area contributed by atoms with Crippen LogP contribution >= 0.6 is 23.2 Å². The number of rotatable bonds is 4. The van der Waals surface area contributed by atoms with E-state index in [9.17, 15) is 16.8 Å². The normalized spacial score (nSPS) is 19.9. The van der Waals surface area contributed by atoms with Crippen LogP contribution in [0.25, 0.3) is 0 Å². The van der Waals surface area contributed by atoms with Gasteiger partial charge in [0.05, 0.1) is 10.0 Å². The molecule has 3 rings (SSSR count). The molecule has 2 aromatic carbocycles. The number of benzene rings is 2. The molecule has 1 aliphatic rings. The van der Waals surface area contributed by atoms with Gasteiger partial charge in [-0.05, 0) is 31.2 Å². The molecular weight excluding hydrogens is 431 g/mol. The molecule has 0 saturated carbocycles. The van der Waals surface area contributed by atoms with E-state index in [2.05, 4.69) is 0 Å². The molecular formula is C17H18Cl2N2O4S2. The monoisotopic (exact) mass is 448 g/mol. The smallest absolute Gasteiger partial charge is 0.207 e. The fraction of sp³-hybridized carbons (Fsp3) is 0.294. The van der Waals surface area contributed by atoms with Crippen molar-refractivity contribution in [3.8, 4) is 0 Å². The minimum atomic E-state index is -3.83. The zero-order valence-corrected chi connectivity index (χ0v) is 17.6. The Kier molecular flexibility index (Phi) is 5.86. The first-order valence-electron chi connectivity index (χ1n) is 8.17. The fourth-order valence-electron chi connectivity index (χ4n) is 3.06. The molecule has 1 saturated heterocycles. The van der Waals surface area contributed by atoms with Gasteiger partial charge in [-0.1, -0.05) is 47.5 Å². The molecule has 0 radical (unpaired) electrons. The Bertz CT molecular complexity index is 1060. The molecule has 1 heterocycles. The van der Waals surface area contributed by atoms with Gasteiger partial charge in [0.1, 0.15) is 9.79 Å². The van der Waals surface area contributed by atoms with Gasteiger partial charge in [0.2, 0.25) is 20.0 Å². The second-order valence-electron chi connectivity index (χ2n) is 6.19. The van der Waals surface area contributed by atoms with Gasteiger partial charge >= 0.3 is 0 Å². The number of halogens is 2. The van der Waals surface area contributed by atoms with Crippen LogP contribution in [-0.4, -0.2) is 51.1 Å². The van der Waals surface area contributed by atoms with Crippen LogP contribution in [0, 0.1) is 0 Å². The summed E-state index contributed by atoms with van der Waals surface area (Å²) in [7, 11) is -7.64. The van der Waals surface area contributed by atoms with E-state index in [1.807, 2.05) is 0 Å². The van der Waals surface area contributed by atoms with Crippen LogP contribution in [0.5, 0.6) is 0 Å². The maximum atomic E-state index is 13.0. The van der Waals surface area contributed by atoms with Crippen molar-refractivity contribution >= 4 is 43.2 Å². The molecule has 10 heteroatoms. The lowest BCUT2D eigenvalue weighted by molar-refractivity contribution is 0.212. The van der Waals surface area contributed by atoms with Gasteiger partial charge in [-0.15, -0.1) is 0 Å². The van der Waals surface area contributed by atoms with Gasteiger partial charge in [0.25, 0.3) is 0 Å². The SMILES string of the molecule is CC1CN(S(=O)(=O)c2ccccc2Cl)CCN1S(=O)(=O)c1ccccc1Cl. The van der Waals surface area contributed by atoms with Crippen molar-refractivity contribution in [1.82, 2.24) is 8.61 Å². The first-order chi connectivity index (χ1) is 12.7. The third-order valence-electron chi connectivity index (χ3n) is 4.41. The Morgan fingerprint density at radius 1 is 0.815 bits per heavy atom. The molecule has 0 amide bonds. The van der Waals surface area contributed by atoms with Gasteiger partial charge in [0.15, 0.2) is 0 Å². The maximum absolute atomic E-state index is 13.0. The van der Waals surface area contributed by atoms with E-state index in [1.54, 1.807) is 31.2 Å². The third-order valence-corrected chi connectivity index (χ3v) is 9.29. The lowest BCUT2D eigenvalue weighted by Crippen LogP contribution is -2.55. The lowest BCUT2D eigenvalue weighted by Gasteiger charge is -2.38. The summed E-state index contributed by atoms with van der Waals surface area (Å²) in [4.78, 5) is 0.0298. The molecule has 1 atom stereocenters. The van der Waals surface area contributed by atoms with E-state index < -0.39 is 26.1 Å². The van der Waals surface area contributed by atoms with Crippen molar-refractivity contribution in [3.05, 3.63) is 58.6 Å². The van der Waals surface area contributed by atoms with Gasteiger partial charge in [0, 0.05) is 25.7 Å². The van der Waals surface area contributed by atoms with E-state index in [0.29, 0.717) is 0 Å². The molecule has 2 aromatic rings. The third kappa shape index (κ3) is 3.87. The predicted molar refractivity (Wildman–Crippen MR) is 105 cm³/mol. The summed E-state index contributed by atoms with van der Waals surface area (Å²) in [5, 5.41) is 0.270. The number of sulfonamides is 2. The average Bonchev–Trinajstić information content (AvgIpc) is 2.61. The topological polar surface area (TPSA) is 74.8 Å². The first-order valence-corrected chi connectivity index (χ1v) is 11.8. The molecule has 6 nitrogen and oxygen atoms in total. The van der Waals surface area contributed by atoms with E-state index in [0.717, 1.165) is 0 Å². The van der Waals surface area contributed by atoms with Crippen molar-refractivity contribution in [3.63, 3.8) is 0 Å². The Morgan fingerprint density at radius 2 is 1.30 bits per heavy atom. The van der Waals surface area contributed by atoms with Crippen LogP contribution in [0.2, 0.25) is 10.0 Å². The van der Waals surface area contributed by atoms with Gasteiger partial charge < -0.3 is 0 Å². The van der Waals surface area contributed by atoms with Crippen LogP contribution in [-0.2, 0) is 20.0 Å². The molecule has 1 unspecified atom stereocenters. The number of hydrogen-bond acceptors (Lipinski definition) is 4. The van der Waals surface area contributed by atoms with Crippen molar-refractivity contribution in [2.24, 2.45) is 0 Å². The second kappa shape index (κ2) is 7.69. The highest BCUT2D eigenvalue weighted by molar-refractivity contribution is 7.89. The van der Waals surface area contributed by atoms with Crippen LogP contribution in [0.3, 0.4) is 0 Å². The first kappa shape index (κ1) is 20.6. The Labute approximate surface area is 169 Å². The van der Waals surface area contributed by atoms with E-state index in [1.165, 1.54) is 32.9 Å². The summed E-state index contributed by atoms with van der Waals surface area (Å²) in [6.45, 7) is 1.75. The Morgan fingerprint density at radius 3 is 1.78 bits per heavy atom. The van der Waals surface area contributed by atoms with Gasteiger partial charge in [-0.25, -0.2) is 16.8 Å². The molecule has 146 valence electrons. The summed E-state index contributed by atoms with van der Waals surface area (Å²) in [6, 6.07) is 11.8. The van der Waals surface area contributed by atoms with Crippen molar-refractivity contribution in [2.45, 2.75) is 22.8 Å². The molecule has 1 aliphatic heterocycles. The fourth-order valence-corrected chi connectivity index (χ4v) is 7.17. The van der Waals surface area contributed by atoms with Gasteiger partial charge in [-0.2, -0.15) is 8.61 Å². The molecule has 0 N–H and O–H groups in total. The molecule has 0 bridgehead atoms. The van der Waals surface area contributed by atoms with E-state index in [4.69, 9.17) is 23.2 Å². The predicted octanol–water partition coefficient (Wildman–Crippen LogP) is 3.08. The van der Waals surface area contributed by atoms with Gasteiger partial charge in [-0.3, -0.25) is 0 Å². The average molecular weight is 449 g/mol. The Hall–Kier alpha value is -1.16. The highest BCUT2D eigenvalue weighted by atomic mass is 35.5. The summed E-state index contributed by atoms with van der Waals surface area (Å²) in [5.74, 6) is 0. The maximum Gasteiger partial charge on any atom is 0.244 e. The highest BCUT2D eigenvalue weighted by Gasteiger charge is 2.39. The number of hydrogen-bond donors (Lipinski definition) is 0. The summed E-state index contributed by atoms with van der Waals surface area (Å²) in [6.07, 6.45) is 0. The Balaban J connectivity index is 1.86. The number of piperazine rings is 1. The summed E-state index contributed by atoms with van der Waals surface area (Å²) >= 11 is 12.1. The number of nitrogens with zero attached hydrogens (tertiary/aromatic N) is 2. The van der Waals surface area contributed by atoms with Crippen molar-refractivity contribution in [2.75, 3.05) is 19.6 Å². The zero-order chi connectivity index (χ0) is 19.8. The summed E-state index contributed by atoms with van der Waals surface area (Å²) < 4.78 is 54.2. The van der Waals surface area contributed by atoms with Crippen LogP contribution in [0.15, 0.2) is 58.3 Å². The van der Waals surface area contributed by atoms with Crippen LogP contribution < -0.4 is 0 Å². The van der Waals surface area contributed by atoms with Crippen LogP contribution in [0.1, 0.15) is 6.92 Å². The lowest BCUT2D eigenvalue weighted by atomic mass is 10.3. The standard InChI is InChI=1S/C17H18Cl2N2O4S2/c1-13-12-20(26(22,23)16-8-4-2-6-14(16)18)10-11-21(13)27(24,25)17-9-5-3-7-15(17)19/h2-9,13H,10-12H2,1H3. The molecule has 0 aromatic heterocycles. The molecule has 0 aliphatic carbocycles. The minimum absolute atomic E-state index is 0.0147. The van der Waals surface area contributed by atoms with E-state index in [-0.39, 0.29) is 39.5 Å². The quantitative estimate of drug-likeness (QED) is 0.719. The molecule has 27 heavy (non-hydrogen) atoms. The second-order valence-corrected chi connectivity index (χ2v) is 10.8. The van der Waals surface area contributed by atoms with Crippen molar-refractivity contribution < 1.29 is 16.8 Å². The molecule has 1 fully saturated rings. The van der Waals surface area contributed by atoms with Crippen molar-refractivity contribution in [1.29, 1.82) is 0 Å². The highest BCUT2D eigenvalue weighted by Crippen LogP contribution is 2.30. The zero-order valence-electron chi connectivity index (χ0n) is 14.4.